The van der Waals surface area contributed by atoms with Crippen molar-refractivity contribution in [3.05, 3.63) is 0 Å². The molecule has 3 nitrogen and oxygen atoms in total. The Labute approximate surface area is 113 Å². The fourth-order valence-electron chi connectivity index (χ4n) is 3.10. The van der Waals surface area contributed by atoms with Gasteiger partial charge in [-0.3, -0.25) is 0 Å². The first-order valence-electron chi connectivity index (χ1n) is 7.83. The van der Waals surface area contributed by atoms with Crippen molar-refractivity contribution in [1.82, 2.24) is 15.1 Å². The number of piperidine rings is 1. The third kappa shape index (κ3) is 4.22. The summed E-state index contributed by atoms with van der Waals surface area (Å²) in [6.07, 6.45) is 6.84. The van der Waals surface area contributed by atoms with Gasteiger partial charge in [-0.05, 0) is 71.8 Å². The molecular formula is C15H31N3. The topological polar surface area (TPSA) is 18.5 Å². The van der Waals surface area contributed by atoms with Crippen molar-refractivity contribution < 1.29 is 0 Å². The van der Waals surface area contributed by atoms with E-state index in [4.69, 9.17) is 0 Å². The summed E-state index contributed by atoms with van der Waals surface area (Å²) in [6, 6.07) is 1.56. The summed E-state index contributed by atoms with van der Waals surface area (Å²) in [5.74, 6) is 0.963. The lowest BCUT2D eigenvalue weighted by atomic mass is 10.0. The van der Waals surface area contributed by atoms with Gasteiger partial charge in [-0.15, -0.1) is 0 Å². The van der Waals surface area contributed by atoms with E-state index < -0.39 is 0 Å². The molecule has 0 aromatic carbocycles. The molecule has 106 valence electrons. The van der Waals surface area contributed by atoms with Crippen molar-refractivity contribution in [3.8, 4) is 0 Å². The number of hydrogen-bond donors (Lipinski definition) is 1. The van der Waals surface area contributed by atoms with E-state index in [2.05, 4.69) is 36.1 Å². The molecule has 0 radical (unpaired) electrons. The summed E-state index contributed by atoms with van der Waals surface area (Å²) in [5.41, 5.74) is 0. The SMILES string of the molecule is CCCNC(CN(C)C1CCN(C)CC1)C1CC1. The molecule has 2 aliphatic rings. The predicted molar refractivity (Wildman–Crippen MR) is 78.0 cm³/mol. The van der Waals surface area contributed by atoms with E-state index in [1.54, 1.807) is 0 Å². The number of hydrogen-bond acceptors (Lipinski definition) is 3. The molecule has 0 amide bonds. The van der Waals surface area contributed by atoms with Crippen LogP contribution in [0, 0.1) is 5.92 Å². The number of nitrogens with zero attached hydrogens (tertiary/aromatic N) is 2. The highest BCUT2D eigenvalue weighted by molar-refractivity contribution is 4.89. The Bertz CT molecular complexity index is 232. The van der Waals surface area contributed by atoms with Crippen molar-refractivity contribution in [2.75, 3.05) is 40.3 Å². The van der Waals surface area contributed by atoms with Gasteiger partial charge in [-0.2, -0.15) is 0 Å². The summed E-state index contributed by atoms with van der Waals surface area (Å²) in [7, 11) is 4.57. The Morgan fingerprint density at radius 3 is 2.44 bits per heavy atom. The zero-order valence-corrected chi connectivity index (χ0v) is 12.5. The van der Waals surface area contributed by atoms with Gasteiger partial charge in [-0.1, -0.05) is 6.92 Å². The number of likely N-dealkylation sites (tertiary alicyclic amines) is 1. The summed E-state index contributed by atoms with van der Waals surface area (Å²) in [4.78, 5) is 5.08. The second-order valence-corrected chi connectivity index (χ2v) is 6.37. The Morgan fingerprint density at radius 1 is 1.22 bits per heavy atom. The summed E-state index contributed by atoms with van der Waals surface area (Å²) in [6.45, 7) is 7.23. The summed E-state index contributed by atoms with van der Waals surface area (Å²) in [5, 5.41) is 3.76. The van der Waals surface area contributed by atoms with Crippen LogP contribution in [0.3, 0.4) is 0 Å². The fraction of sp³-hybridized carbons (Fsp3) is 1.00. The molecule has 1 unspecified atom stereocenters. The van der Waals surface area contributed by atoms with Gasteiger partial charge < -0.3 is 15.1 Å². The maximum atomic E-state index is 3.76. The van der Waals surface area contributed by atoms with Crippen molar-refractivity contribution in [2.45, 2.75) is 51.1 Å². The zero-order valence-electron chi connectivity index (χ0n) is 12.5. The first-order chi connectivity index (χ1) is 8.70. The van der Waals surface area contributed by atoms with Crippen molar-refractivity contribution in [1.29, 1.82) is 0 Å². The number of nitrogens with one attached hydrogen (secondary N) is 1. The minimum Gasteiger partial charge on any atom is -0.312 e. The Morgan fingerprint density at radius 2 is 1.89 bits per heavy atom. The normalized spacial score (nSPS) is 24.7. The molecule has 1 atom stereocenters. The van der Waals surface area contributed by atoms with Gasteiger partial charge in [0.05, 0.1) is 0 Å². The van der Waals surface area contributed by atoms with Crippen LogP contribution in [-0.4, -0.2) is 62.2 Å². The van der Waals surface area contributed by atoms with Gasteiger partial charge in [0.1, 0.15) is 0 Å². The first-order valence-corrected chi connectivity index (χ1v) is 7.83. The average Bonchev–Trinajstić information content (AvgIpc) is 3.19. The monoisotopic (exact) mass is 253 g/mol. The lowest BCUT2D eigenvalue weighted by Crippen LogP contribution is -2.48. The molecule has 1 N–H and O–H groups in total. The average molecular weight is 253 g/mol. The number of likely N-dealkylation sites (N-methyl/N-ethyl adjacent to an activating group) is 1. The molecule has 0 aromatic heterocycles. The van der Waals surface area contributed by atoms with Crippen LogP contribution in [0.4, 0.5) is 0 Å². The zero-order chi connectivity index (χ0) is 13.0. The van der Waals surface area contributed by atoms with Gasteiger partial charge in [0.15, 0.2) is 0 Å². The number of rotatable bonds is 7. The van der Waals surface area contributed by atoms with Crippen LogP contribution in [0.25, 0.3) is 0 Å². The maximum Gasteiger partial charge on any atom is 0.0223 e. The molecule has 3 heteroatoms. The molecule has 1 saturated carbocycles. The molecule has 0 aromatic rings. The van der Waals surface area contributed by atoms with E-state index >= 15 is 0 Å². The first kappa shape index (κ1) is 14.3. The van der Waals surface area contributed by atoms with Gasteiger partial charge in [0.25, 0.3) is 0 Å². The van der Waals surface area contributed by atoms with E-state index in [1.807, 2.05) is 0 Å². The standard InChI is InChI=1S/C15H31N3/c1-4-9-16-15(13-5-6-13)12-18(3)14-7-10-17(2)11-8-14/h13-16H,4-12H2,1-3H3. The minimum atomic E-state index is 0.745. The summed E-state index contributed by atoms with van der Waals surface area (Å²) >= 11 is 0. The maximum absolute atomic E-state index is 3.76. The lowest BCUT2D eigenvalue weighted by molar-refractivity contribution is 0.131. The van der Waals surface area contributed by atoms with E-state index in [1.165, 1.54) is 58.3 Å². The van der Waals surface area contributed by atoms with Crippen molar-refractivity contribution in [2.24, 2.45) is 5.92 Å². The molecule has 1 heterocycles. The molecule has 2 rings (SSSR count). The summed E-state index contributed by atoms with van der Waals surface area (Å²) < 4.78 is 0. The Kier molecular flexibility index (Phi) is 5.46. The second-order valence-electron chi connectivity index (χ2n) is 6.37. The van der Waals surface area contributed by atoms with E-state index in [0.717, 1.165) is 18.0 Å². The van der Waals surface area contributed by atoms with Crippen LogP contribution in [0.5, 0.6) is 0 Å². The van der Waals surface area contributed by atoms with Crippen LogP contribution in [0.1, 0.15) is 39.0 Å². The van der Waals surface area contributed by atoms with Crippen LogP contribution in [0.2, 0.25) is 0 Å². The highest BCUT2D eigenvalue weighted by Gasteiger charge is 2.32. The van der Waals surface area contributed by atoms with Gasteiger partial charge in [0, 0.05) is 18.6 Å². The van der Waals surface area contributed by atoms with Crippen LogP contribution >= 0.6 is 0 Å². The minimum absolute atomic E-state index is 0.745. The second kappa shape index (κ2) is 6.88. The predicted octanol–water partition coefficient (Wildman–Crippen LogP) is 1.79. The van der Waals surface area contributed by atoms with Crippen LogP contribution in [-0.2, 0) is 0 Å². The highest BCUT2D eigenvalue weighted by atomic mass is 15.2. The molecule has 1 aliphatic carbocycles. The Hall–Kier alpha value is -0.120. The van der Waals surface area contributed by atoms with Gasteiger partial charge in [-0.25, -0.2) is 0 Å². The molecule has 1 aliphatic heterocycles. The molecule has 2 fully saturated rings. The van der Waals surface area contributed by atoms with E-state index in [0.29, 0.717) is 0 Å². The third-order valence-corrected chi connectivity index (χ3v) is 4.64. The van der Waals surface area contributed by atoms with Crippen molar-refractivity contribution in [3.63, 3.8) is 0 Å². The fourth-order valence-corrected chi connectivity index (χ4v) is 3.10. The van der Waals surface area contributed by atoms with E-state index in [9.17, 15) is 0 Å². The molecule has 0 spiro atoms. The molecular weight excluding hydrogens is 222 g/mol. The molecule has 0 bridgehead atoms. The van der Waals surface area contributed by atoms with Gasteiger partial charge >= 0.3 is 0 Å². The largest absolute Gasteiger partial charge is 0.312 e. The third-order valence-electron chi connectivity index (χ3n) is 4.64. The van der Waals surface area contributed by atoms with Crippen LogP contribution < -0.4 is 5.32 Å². The molecule has 18 heavy (non-hydrogen) atoms. The van der Waals surface area contributed by atoms with Crippen LogP contribution in [0.15, 0.2) is 0 Å². The Balaban J connectivity index is 1.75. The quantitative estimate of drug-likeness (QED) is 0.746. The van der Waals surface area contributed by atoms with Gasteiger partial charge in [0.2, 0.25) is 0 Å². The van der Waals surface area contributed by atoms with Crippen molar-refractivity contribution >= 4 is 0 Å². The van der Waals surface area contributed by atoms with E-state index in [-0.39, 0.29) is 0 Å². The smallest absolute Gasteiger partial charge is 0.0223 e. The lowest BCUT2D eigenvalue weighted by Gasteiger charge is -2.37. The highest BCUT2D eigenvalue weighted by Crippen LogP contribution is 2.33. The molecule has 1 saturated heterocycles.